The summed E-state index contributed by atoms with van der Waals surface area (Å²) in [4.78, 5) is 11.9. The van der Waals surface area contributed by atoms with Crippen molar-refractivity contribution in [3.8, 4) is 5.75 Å². The smallest absolute Gasteiger partial charge is 0.243 e. The maximum atomic E-state index is 13.4. The molecule has 0 atom stereocenters. The van der Waals surface area contributed by atoms with Gasteiger partial charge in [0.1, 0.15) is 17.4 Å². The van der Waals surface area contributed by atoms with Crippen molar-refractivity contribution in [3.63, 3.8) is 0 Å². The number of carbonyl (C=O) groups excluding carboxylic acids is 1. The van der Waals surface area contributed by atoms with E-state index in [9.17, 15) is 13.6 Å². The van der Waals surface area contributed by atoms with Gasteiger partial charge < -0.3 is 15.4 Å². The van der Waals surface area contributed by atoms with Gasteiger partial charge in [0.25, 0.3) is 0 Å². The molecule has 0 saturated heterocycles. The predicted molar refractivity (Wildman–Crippen MR) is 81.5 cm³/mol. The molecule has 2 aromatic carbocycles. The quantitative estimate of drug-likeness (QED) is 0.881. The molecule has 7 heteroatoms. The van der Waals surface area contributed by atoms with Crippen LogP contribution in [0.1, 0.15) is 0 Å². The fraction of sp³-hybridized carbons (Fsp3) is 0.133. The van der Waals surface area contributed by atoms with Crippen LogP contribution in [0.15, 0.2) is 36.4 Å². The van der Waals surface area contributed by atoms with E-state index in [1.807, 2.05) is 0 Å². The number of nitrogens with one attached hydrogen (secondary N) is 2. The molecule has 0 saturated carbocycles. The number of amides is 1. The summed E-state index contributed by atoms with van der Waals surface area (Å²) in [6.07, 6.45) is 0. The van der Waals surface area contributed by atoms with Crippen LogP contribution in [0.4, 0.5) is 20.2 Å². The highest BCUT2D eigenvalue weighted by molar-refractivity contribution is 6.31. The molecular weight excluding hydrogens is 314 g/mol. The normalized spacial score (nSPS) is 10.2. The molecule has 0 aliphatic carbocycles. The molecule has 0 fully saturated rings. The van der Waals surface area contributed by atoms with Crippen LogP contribution < -0.4 is 15.4 Å². The summed E-state index contributed by atoms with van der Waals surface area (Å²) in [6, 6.07) is 7.71. The highest BCUT2D eigenvalue weighted by atomic mass is 35.5. The second-order valence-electron chi connectivity index (χ2n) is 4.37. The first-order chi connectivity index (χ1) is 10.5. The standard InChI is InChI=1S/C15H13ClF2N2O2/c1-22-14-5-2-9(16)6-13(14)20-15(21)8-19-12-7-10(17)3-4-11(12)18/h2-7,19H,8H2,1H3,(H,20,21). The first kappa shape index (κ1) is 16.0. The van der Waals surface area contributed by atoms with Crippen molar-refractivity contribution in [2.45, 2.75) is 0 Å². The van der Waals surface area contributed by atoms with Gasteiger partial charge in [-0.3, -0.25) is 4.79 Å². The summed E-state index contributed by atoms with van der Waals surface area (Å²) in [7, 11) is 1.46. The van der Waals surface area contributed by atoms with E-state index in [4.69, 9.17) is 16.3 Å². The molecule has 0 spiro atoms. The highest BCUT2D eigenvalue weighted by Gasteiger charge is 2.10. The first-order valence-electron chi connectivity index (χ1n) is 6.32. The number of hydrogen-bond donors (Lipinski definition) is 2. The van der Waals surface area contributed by atoms with Gasteiger partial charge in [-0.05, 0) is 36.4 Å². The lowest BCUT2D eigenvalue weighted by Crippen LogP contribution is -2.22. The Balaban J connectivity index is 2.01. The van der Waals surface area contributed by atoms with Crippen molar-refractivity contribution in [2.24, 2.45) is 0 Å². The average Bonchev–Trinajstić information content (AvgIpc) is 2.48. The molecule has 22 heavy (non-hydrogen) atoms. The van der Waals surface area contributed by atoms with E-state index in [1.54, 1.807) is 12.1 Å². The van der Waals surface area contributed by atoms with Gasteiger partial charge in [0.05, 0.1) is 25.0 Å². The number of halogens is 3. The SMILES string of the molecule is COc1ccc(Cl)cc1NC(=O)CNc1cc(F)ccc1F. The van der Waals surface area contributed by atoms with Gasteiger partial charge in [0, 0.05) is 5.02 Å². The lowest BCUT2D eigenvalue weighted by molar-refractivity contribution is -0.114. The van der Waals surface area contributed by atoms with Gasteiger partial charge in [-0.2, -0.15) is 0 Å². The summed E-state index contributed by atoms with van der Waals surface area (Å²) in [5.74, 6) is -1.26. The molecule has 0 aliphatic rings. The zero-order valence-electron chi connectivity index (χ0n) is 11.6. The molecule has 0 heterocycles. The van der Waals surface area contributed by atoms with Crippen LogP contribution in [0.2, 0.25) is 5.02 Å². The first-order valence-corrected chi connectivity index (χ1v) is 6.69. The molecule has 2 aromatic rings. The van der Waals surface area contributed by atoms with Gasteiger partial charge in [0.2, 0.25) is 5.91 Å². The van der Waals surface area contributed by atoms with Crippen LogP contribution >= 0.6 is 11.6 Å². The molecule has 116 valence electrons. The fourth-order valence-electron chi connectivity index (χ4n) is 1.78. The Labute approximate surface area is 131 Å². The number of rotatable bonds is 5. The molecule has 4 nitrogen and oxygen atoms in total. The summed E-state index contributed by atoms with van der Waals surface area (Å²) in [5, 5.41) is 5.54. The summed E-state index contributed by atoms with van der Waals surface area (Å²) in [5.41, 5.74) is 0.301. The van der Waals surface area contributed by atoms with Crippen LogP contribution in [-0.2, 0) is 4.79 Å². The van der Waals surface area contributed by atoms with E-state index in [1.165, 1.54) is 13.2 Å². The van der Waals surface area contributed by atoms with E-state index >= 15 is 0 Å². The minimum atomic E-state index is -0.644. The topological polar surface area (TPSA) is 50.4 Å². The number of carbonyl (C=O) groups is 1. The third-order valence-corrected chi connectivity index (χ3v) is 3.04. The Hall–Kier alpha value is -2.34. The van der Waals surface area contributed by atoms with E-state index in [0.717, 1.165) is 18.2 Å². The van der Waals surface area contributed by atoms with Crippen molar-refractivity contribution >= 4 is 28.9 Å². The molecule has 0 unspecified atom stereocenters. The van der Waals surface area contributed by atoms with E-state index < -0.39 is 17.5 Å². The van der Waals surface area contributed by atoms with Gasteiger partial charge in [-0.1, -0.05) is 11.6 Å². The number of methoxy groups -OCH3 is 1. The molecule has 0 aliphatic heterocycles. The number of hydrogen-bond acceptors (Lipinski definition) is 3. The Morgan fingerprint density at radius 3 is 2.68 bits per heavy atom. The predicted octanol–water partition coefficient (Wildman–Crippen LogP) is 3.68. The zero-order valence-corrected chi connectivity index (χ0v) is 12.4. The third kappa shape index (κ3) is 4.08. The van der Waals surface area contributed by atoms with E-state index in [-0.39, 0.29) is 12.2 Å². The lowest BCUT2D eigenvalue weighted by atomic mass is 10.2. The summed E-state index contributed by atoms with van der Waals surface area (Å²) in [6.45, 7) is -0.240. The van der Waals surface area contributed by atoms with Gasteiger partial charge in [-0.15, -0.1) is 0 Å². The molecule has 0 bridgehead atoms. The Morgan fingerprint density at radius 1 is 1.18 bits per heavy atom. The monoisotopic (exact) mass is 326 g/mol. The Morgan fingerprint density at radius 2 is 1.95 bits per heavy atom. The second kappa shape index (κ2) is 7.09. The average molecular weight is 327 g/mol. The fourth-order valence-corrected chi connectivity index (χ4v) is 1.95. The molecular formula is C15H13ClF2N2O2. The van der Waals surface area contributed by atoms with E-state index in [2.05, 4.69) is 10.6 Å². The van der Waals surface area contributed by atoms with Crippen molar-refractivity contribution < 1.29 is 18.3 Å². The van der Waals surface area contributed by atoms with Crippen molar-refractivity contribution in [1.82, 2.24) is 0 Å². The Kier molecular flexibility index (Phi) is 5.16. The Bertz CT molecular complexity index is 695. The summed E-state index contributed by atoms with van der Waals surface area (Å²) < 4.78 is 31.5. The minimum absolute atomic E-state index is 0.0896. The van der Waals surface area contributed by atoms with Gasteiger partial charge in [-0.25, -0.2) is 8.78 Å². The maximum Gasteiger partial charge on any atom is 0.243 e. The second-order valence-corrected chi connectivity index (χ2v) is 4.81. The van der Waals surface area contributed by atoms with Crippen LogP contribution in [0.5, 0.6) is 5.75 Å². The zero-order chi connectivity index (χ0) is 16.1. The molecule has 2 N–H and O–H groups in total. The van der Waals surface area contributed by atoms with Gasteiger partial charge in [0.15, 0.2) is 0 Å². The van der Waals surface area contributed by atoms with Crippen molar-refractivity contribution in [2.75, 3.05) is 24.3 Å². The van der Waals surface area contributed by atoms with Crippen LogP contribution in [0.3, 0.4) is 0 Å². The number of ether oxygens (including phenoxy) is 1. The minimum Gasteiger partial charge on any atom is -0.495 e. The molecule has 0 aromatic heterocycles. The van der Waals surface area contributed by atoms with Crippen LogP contribution in [-0.4, -0.2) is 19.6 Å². The molecule has 1 amide bonds. The largest absolute Gasteiger partial charge is 0.495 e. The van der Waals surface area contributed by atoms with Crippen molar-refractivity contribution in [3.05, 3.63) is 53.1 Å². The lowest BCUT2D eigenvalue weighted by Gasteiger charge is -2.12. The van der Waals surface area contributed by atoms with E-state index in [0.29, 0.717) is 16.5 Å². The van der Waals surface area contributed by atoms with Gasteiger partial charge >= 0.3 is 0 Å². The molecule has 0 radical (unpaired) electrons. The van der Waals surface area contributed by atoms with Crippen LogP contribution in [0, 0.1) is 11.6 Å². The third-order valence-electron chi connectivity index (χ3n) is 2.80. The maximum absolute atomic E-state index is 13.4. The number of benzene rings is 2. The highest BCUT2D eigenvalue weighted by Crippen LogP contribution is 2.27. The van der Waals surface area contributed by atoms with Crippen molar-refractivity contribution in [1.29, 1.82) is 0 Å². The molecule has 2 rings (SSSR count). The summed E-state index contributed by atoms with van der Waals surface area (Å²) >= 11 is 5.85. The van der Waals surface area contributed by atoms with Crippen LogP contribution in [0.25, 0.3) is 0 Å². The number of anilines is 2.